The molecule has 4 heteroatoms. The van der Waals surface area contributed by atoms with Crippen LogP contribution in [0.15, 0.2) is 18.2 Å². The van der Waals surface area contributed by atoms with Gasteiger partial charge in [-0.05, 0) is 25.0 Å². The van der Waals surface area contributed by atoms with Crippen LogP contribution < -0.4 is 4.90 Å². The molecule has 1 aliphatic carbocycles. The fraction of sp³-hybridized carbons (Fsp3) is 0.417. The van der Waals surface area contributed by atoms with Gasteiger partial charge in [-0.1, -0.05) is 6.07 Å². The first kappa shape index (κ1) is 10.9. The van der Waals surface area contributed by atoms with Gasteiger partial charge in [-0.2, -0.15) is 0 Å². The first-order chi connectivity index (χ1) is 7.49. The van der Waals surface area contributed by atoms with Crippen LogP contribution in [0, 0.1) is 5.82 Å². The largest absolute Gasteiger partial charge is 0.481 e. The van der Waals surface area contributed by atoms with Crippen molar-refractivity contribution in [3.8, 4) is 0 Å². The molecule has 0 unspecified atom stereocenters. The van der Waals surface area contributed by atoms with Gasteiger partial charge in [-0.25, -0.2) is 4.39 Å². The van der Waals surface area contributed by atoms with Crippen molar-refractivity contribution in [2.45, 2.75) is 18.3 Å². The molecule has 0 amide bonds. The molecule has 1 fully saturated rings. The van der Waals surface area contributed by atoms with Crippen LogP contribution in [-0.4, -0.2) is 25.2 Å². The molecular formula is C12H14FNO2. The maximum Gasteiger partial charge on any atom is 0.314 e. The minimum absolute atomic E-state index is 0.326. The van der Waals surface area contributed by atoms with E-state index >= 15 is 0 Å². The Kier molecular flexibility index (Phi) is 2.37. The Labute approximate surface area is 93.5 Å². The maximum atomic E-state index is 13.8. The Morgan fingerprint density at radius 3 is 2.50 bits per heavy atom. The molecule has 2 rings (SSSR count). The van der Waals surface area contributed by atoms with Gasteiger partial charge in [0, 0.05) is 25.3 Å². The predicted octanol–water partition coefficient (Wildman–Crippen LogP) is 2.01. The van der Waals surface area contributed by atoms with Crippen LogP contribution >= 0.6 is 0 Å². The lowest BCUT2D eigenvalue weighted by Crippen LogP contribution is -2.25. The molecule has 0 spiro atoms. The van der Waals surface area contributed by atoms with Crippen molar-refractivity contribution in [2.75, 3.05) is 19.0 Å². The van der Waals surface area contributed by atoms with E-state index in [1.165, 1.54) is 6.07 Å². The first-order valence-corrected chi connectivity index (χ1v) is 5.19. The normalized spacial score (nSPS) is 16.9. The van der Waals surface area contributed by atoms with Crippen molar-refractivity contribution >= 4 is 11.7 Å². The Morgan fingerprint density at radius 1 is 1.44 bits per heavy atom. The number of aliphatic carboxylic acids is 1. The summed E-state index contributed by atoms with van der Waals surface area (Å²) in [5.74, 6) is -1.35. The Balaban J connectivity index is 2.59. The van der Waals surface area contributed by atoms with Gasteiger partial charge in [0.05, 0.1) is 5.41 Å². The lowest BCUT2D eigenvalue weighted by Gasteiger charge is -2.21. The van der Waals surface area contributed by atoms with Crippen LogP contribution in [0.25, 0.3) is 0 Å². The van der Waals surface area contributed by atoms with E-state index < -0.39 is 17.2 Å². The number of carboxylic acid groups (broad SMARTS) is 1. The number of halogens is 1. The van der Waals surface area contributed by atoms with Crippen molar-refractivity contribution in [3.05, 3.63) is 29.6 Å². The summed E-state index contributed by atoms with van der Waals surface area (Å²) in [5, 5.41) is 9.20. The predicted molar refractivity (Wildman–Crippen MR) is 59.3 cm³/mol. The molecule has 1 N–H and O–H groups in total. The second-order valence-corrected chi connectivity index (χ2v) is 4.42. The van der Waals surface area contributed by atoms with E-state index in [-0.39, 0.29) is 0 Å². The van der Waals surface area contributed by atoms with Crippen molar-refractivity contribution in [3.63, 3.8) is 0 Å². The second-order valence-electron chi connectivity index (χ2n) is 4.42. The molecule has 0 saturated heterocycles. The van der Waals surface area contributed by atoms with Gasteiger partial charge in [0.2, 0.25) is 0 Å². The lowest BCUT2D eigenvalue weighted by molar-refractivity contribution is -0.140. The van der Waals surface area contributed by atoms with Crippen LogP contribution in [0.1, 0.15) is 18.4 Å². The van der Waals surface area contributed by atoms with Gasteiger partial charge in [-0.3, -0.25) is 4.79 Å². The van der Waals surface area contributed by atoms with Crippen LogP contribution in [0.5, 0.6) is 0 Å². The number of carbonyl (C=O) groups is 1. The smallest absolute Gasteiger partial charge is 0.314 e. The topological polar surface area (TPSA) is 40.5 Å². The van der Waals surface area contributed by atoms with E-state index in [9.17, 15) is 14.3 Å². The molecule has 0 aliphatic heterocycles. The van der Waals surface area contributed by atoms with Crippen LogP contribution in [-0.2, 0) is 10.2 Å². The number of anilines is 1. The Bertz CT molecular complexity index is 439. The number of hydrogen-bond donors (Lipinski definition) is 1. The standard InChI is InChI=1S/C12H14FNO2/c1-14(2)9-5-3-4-8(13)10(9)12(6-7-12)11(15)16/h3-5H,6-7H2,1-2H3,(H,15,16). The fourth-order valence-electron chi connectivity index (χ4n) is 2.05. The molecule has 16 heavy (non-hydrogen) atoms. The summed E-state index contributed by atoms with van der Waals surface area (Å²) in [5.41, 5.74) is -0.0160. The zero-order chi connectivity index (χ0) is 11.9. The molecule has 0 atom stereocenters. The van der Waals surface area contributed by atoms with Crippen LogP contribution in [0.3, 0.4) is 0 Å². The number of rotatable bonds is 3. The fourth-order valence-corrected chi connectivity index (χ4v) is 2.05. The van der Waals surface area contributed by atoms with E-state index in [0.717, 1.165) is 0 Å². The third-order valence-electron chi connectivity index (χ3n) is 3.11. The summed E-state index contributed by atoms with van der Waals surface area (Å²) >= 11 is 0. The van der Waals surface area contributed by atoms with Crippen molar-refractivity contribution in [1.82, 2.24) is 0 Å². The molecule has 0 radical (unpaired) electrons. The van der Waals surface area contributed by atoms with E-state index in [0.29, 0.717) is 24.1 Å². The third-order valence-corrected chi connectivity index (χ3v) is 3.11. The van der Waals surface area contributed by atoms with Gasteiger partial charge < -0.3 is 10.0 Å². The molecule has 1 aliphatic rings. The van der Waals surface area contributed by atoms with E-state index in [4.69, 9.17) is 0 Å². The number of benzene rings is 1. The van der Waals surface area contributed by atoms with Gasteiger partial charge in [0.15, 0.2) is 0 Å². The highest BCUT2D eigenvalue weighted by molar-refractivity contribution is 5.87. The SMILES string of the molecule is CN(C)c1cccc(F)c1C1(C(=O)O)CC1. The average Bonchev–Trinajstić information content (AvgIpc) is 2.98. The molecule has 1 saturated carbocycles. The van der Waals surface area contributed by atoms with E-state index in [1.807, 2.05) is 0 Å². The minimum atomic E-state index is -0.995. The number of carboxylic acids is 1. The zero-order valence-electron chi connectivity index (χ0n) is 9.33. The third kappa shape index (κ3) is 1.45. The molecule has 86 valence electrons. The van der Waals surface area contributed by atoms with Crippen molar-refractivity contribution < 1.29 is 14.3 Å². The van der Waals surface area contributed by atoms with Crippen molar-refractivity contribution in [1.29, 1.82) is 0 Å². The molecule has 0 heterocycles. The summed E-state index contributed by atoms with van der Waals surface area (Å²) in [7, 11) is 3.58. The summed E-state index contributed by atoms with van der Waals surface area (Å²) in [6.45, 7) is 0. The average molecular weight is 223 g/mol. The van der Waals surface area contributed by atoms with Crippen molar-refractivity contribution in [2.24, 2.45) is 0 Å². The van der Waals surface area contributed by atoms with E-state index in [2.05, 4.69) is 0 Å². The monoisotopic (exact) mass is 223 g/mol. The highest BCUT2D eigenvalue weighted by Crippen LogP contribution is 2.52. The first-order valence-electron chi connectivity index (χ1n) is 5.19. The highest BCUT2D eigenvalue weighted by Gasteiger charge is 2.54. The molecule has 3 nitrogen and oxygen atoms in total. The summed E-state index contributed by atoms with van der Waals surface area (Å²) in [4.78, 5) is 13.0. The Hall–Kier alpha value is -1.58. The highest BCUT2D eigenvalue weighted by atomic mass is 19.1. The van der Waals surface area contributed by atoms with Gasteiger partial charge >= 0.3 is 5.97 Å². The molecular weight excluding hydrogens is 209 g/mol. The summed E-state index contributed by atoms with van der Waals surface area (Å²) in [6.07, 6.45) is 1.04. The molecule has 0 aromatic heterocycles. The van der Waals surface area contributed by atoms with Gasteiger partial charge in [0.25, 0.3) is 0 Å². The molecule has 1 aromatic rings. The Morgan fingerprint density at radius 2 is 2.06 bits per heavy atom. The number of nitrogens with zero attached hydrogens (tertiary/aromatic N) is 1. The summed E-state index contributed by atoms with van der Waals surface area (Å²) < 4.78 is 13.8. The van der Waals surface area contributed by atoms with Gasteiger partial charge in [-0.15, -0.1) is 0 Å². The quantitative estimate of drug-likeness (QED) is 0.852. The van der Waals surface area contributed by atoms with E-state index in [1.54, 1.807) is 31.1 Å². The molecule has 0 bridgehead atoms. The lowest BCUT2D eigenvalue weighted by atomic mass is 9.93. The van der Waals surface area contributed by atoms with Crippen LogP contribution in [0.4, 0.5) is 10.1 Å². The van der Waals surface area contributed by atoms with Crippen LogP contribution in [0.2, 0.25) is 0 Å². The minimum Gasteiger partial charge on any atom is -0.481 e. The number of hydrogen-bond acceptors (Lipinski definition) is 2. The molecule has 1 aromatic carbocycles. The zero-order valence-corrected chi connectivity index (χ0v) is 9.33. The maximum absolute atomic E-state index is 13.8. The van der Waals surface area contributed by atoms with Gasteiger partial charge in [0.1, 0.15) is 5.82 Å². The summed E-state index contributed by atoms with van der Waals surface area (Å²) in [6, 6.07) is 4.68. The second kappa shape index (κ2) is 3.47.